The van der Waals surface area contributed by atoms with Gasteiger partial charge in [-0.1, -0.05) is 6.08 Å². The minimum absolute atomic E-state index is 0.979. The molecule has 0 saturated heterocycles. The summed E-state index contributed by atoms with van der Waals surface area (Å²) in [7, 11) is 0. The summed E-state index contributed by atoms with van der Waals surface area (Å²) in [4.78, 5) is 0. The molecule has 1 nitrogen and oxygen atoms in total. The highest BCUT2D eigenvalue weighted by Gasteiger charge is 2.03. The first kappa shape index (κ1) is 5.89. The molecule has 0 amide bonds. The van der Waals surface area contributed by atoms with Gasteiger partial charge in [-0.3, -0.25) is 0 Å². The minimum atomic E-state index is 0.979. The third-order valence-electron chi connectivity index (χ3n) is 1.06. The van der Waals surface area contributed by atoms with Crippen LogP contribution in [0.5, 0.6) is 0 Å². The maximum atomic E-state index is 4.19. The SMILES string of the molecule is C=CCC1=NSCC1. The van der Waals surface area contributed by atoms with E-state index in [0.29, 0.717) is 0 Å². The Kier molecular flexibility index (Phi) is 2.15. The molecule has 0 saturated carbocycles. The van der Waals surface area contributed by atoms with E-state index in [2.05, 4.69) is 11.0 Å². The van der Waals surface area contributed by atoms with Crippen LogP contribution in [0.25, 0.3) is 0 Å². The van der Waals surface area contributed by atoms with E-state index >= 15 is 0 Å². The fourth-order valence-electron chi connectivity index (χ4n) is 0.652. The molecule has 1 aliphatic heterocycles. The van der Waals surface area contributed by atoms with Crippen molar-refractivity contribution >= 4 is 17.7 Å². The monoisotopic (exact) mass is 127 g/mol. The van der Waals surface area contributed by atoms with Gasteiger partial charge >= 0.3 is 0 Å². The summed E-state index contributed by atoms with van der Waals surface area (Å²) < 4.78 is 4.19. The molecule has 0 bridgehead atoms. The summed E-state index contributed by atoms with van der Waals surface area (Å²) >= 11 is 1.66. The Balaban J connectivity index is 2.33. The van der Waals surface area contributed by atoms with Crippen LogP contribution < -0.4 is 0 Å². The first-order valence-electron chi connectivity index (χ1n) is 2.72. The molecule has 0 atom stereocenters. The second kappa shape index (κ2) is 2.92. The van der Waals surface area contributed by atoms with Crippen molar-refractivity contribution in [3.8, 4) is 0 Å². The largest absolute Gasteiger partial charge is 0.225 e. The first-order valence-corrected chi connectivity index (χ1v) is 3.66. The zero-order valence-electron chi connectivity index (χ0n) is 4.76. The summed E-state index contributed by atoms with van der Waals surface area (Å²) in [5, 5.41) is 0. The Morgan fingerprint density at radius 3 is 3.25 bits per heavy atom. The summed E-state index contributed by atoms with van der Waals surface area (Å²) in [6.45, 7) is 3.63. The van der Waals surface area contributed by atoms with Crippen molar-refractivity contribution in [2.24, 2.45) is 4.40 Å². The van der Waals surface area contributed by atoms with E-state index in [9.17, 15) is 0 Å². The summed E-state index contributed by atoms with van der Waals surface area (Å²) in [5.74, 6) is 1.17. The van der Waals surface area contributed by atoms with Crippen molar-refractivity contribution in [1.82, 2.24) is 0 Å². The van der Waals surface area contributed by atoms with E-state index in [4.69, 9.17) is 0 Å². The van der Waals surface area contributed by atoms with Crippen molar-refractivity contribution in [2.75, 3.05) is 5.75 Å². The zero-order chi connectivity index (χ0) is 5.82. The summed E-state index contributed by atoms with van der Waals surface area (Å²) in [5.41, 5.74) is 1.30. The van der Waals surface area contributed by atoms with Gasteiger partial charge in [0.05, 0.1) is 0 Å². The van der Waals surface area contributed by atoms with Gasteiger partial charge in [-0.05, 0) is 18.4 Å². The Bertz CT molecular complexity index is 118. The van der Waals surface area contributed by atoms with Crippen molar-refractivity contribution in [1.29, 1.82) is 0 Å². The van der Waals surface area contributed by atoms with Crippen LogP contribution in [0, 0.1) is 0 Å². The minimum Gasteiger partial charge on any atom is -0.225 e. The quantitative estimate of drug-likeness (QED) is 0.408. The molecule has 1 aliphatic rings. The molecule has 0 radical (unpaired) electrons. The molecule has 0 spiro atoms. The van der Waals surface area contributed by atoms with Crippen LogP contribution in [0.2, 0.25) is 0 Å². The van der Waals surface area contributed by atoms with Gasteiger partial charge in [-0.25, -0.2) is 4.40 Å². The van der Waals surface area contributed by atoms with Crippen LogP contribution in [0.15, 0.2) is 17.1 Å². The van der Waals surface area contributed by atoms with Gasteiger partial charge in [0.15, 0.2) is 0 Å². The van der Waals surface area contributed by atoms with Crippen LogP contribution >= 0.6 is 11.9 Å². The predicted molar refractivity (Wildman–Crippen MR) is 39.3 cm³/mol. The fraction of sp³-hybridized carbons (Fsp3) is 0.500. The van der Waals surface area contributed by atoms with Gasteiger partial charge < -0.3 is 0 Å². The lowest BCUT2D eigenvalue weighted by molar-refractivity contribution is 1.28. The Labute approximate surface area is 54.0 Å². The lowest BCUT2D eigenvalue weighted by atomic mass is 10.2. The maximum Gasteiger partial charge on any atom is 0.0308 e. The van der Waals surface area contributed by atoms with Gasteiger partial charge in [-0.15, -0.1) is 6.58 Å². The standard InChI is InChI=1S/C6H9NS/c1-2-3-6-4-5-8-7-6/h2H,1,3-5H2. The number of nitrogens with zero attached hydrogens (tertiary/aromatic N) is 1. The Hall–Kier alpha value is -0.240. The predicted octanol–water partition coefficient (Wildman–Crippen LogP) is 2.06. The van der Waals surface area contributed by atoms with E-state index in [1.807, 2.05) is 6.08 Å². The summed E-state index contributed by atoms with van der Waals surface area (Å²) in [6, 6.07) is 0. The van der Waals surface area contributed by atoms with Crippen molar-refractivity contribution in [3.63, 3.8) is 0 Å². The molecular weight excluding hydrogens is 118 g/mol. The molecule has 0 aromatic carbocycles. The molecule has 8 heavy (non-hydrogen) atoms. The average molecular weight is 127 g/mol. The van der Waals surface area contributed by atoms with E-state index in [0.717, 1.165) is 12.8 Å². The molecule has 0 aromatic rings. The first-order chi connectivity index (χ1) is 3.93. The molecule has 0 fully saturated rings. The molecule has 0 aliphatic carbocycles. The number of allylic oxidation sites excluding steroid dienone is 1. The fourth-order valence-corrected chi connectivity index (χ4v) is 1.42. The molecule has 1 heterocycles. The van der Waals surface area contributed by atoms with Crippen molar-refractivity contribution < 1.29 is 0 Å². The smallest absolute Gasteiger partial charge is 0.0308 e. The molecule has 0 unspecified atom stereocenters. The zero-order valence-corrected chi connectivity index (χ0v) is 5.58. The van der Waals surface area contributed by atoms with Gasteiger partial charge in [0.1, 0.15) is 0 Å². The van der Waals surface area contributed by atoms with Gasteiger partial charge in [0.2, 0.25) is 0 Å². The lowest BCUT2D eigenvalue weighted by Crippen LogP contribution is -1.89. The molecular formula is C6H9NS. The van der Waals surface area contributed by atoms with Crippen LogP contribution in [0.4, 0.5) is 0 Å². The highest BCUT2D eigenvalue weighted by molar-refractivity contribution is 7.98. The normalized spacial score (nSPS) is 18.2. The van der Waals surface area contributed by atoms with Gasteiger partial charge in [-0.2, -0.15) is 0 Å². The van der Waals surface area contributed by atoms with Gasteiger partial charge in [0, 0.05) is 17.9 Å². The highest BCUT2D eigenvalue weighted by atomic mass is 32.2. The molecule has 44 valence electrons. The van der Waals surface area contributed by atoms with E-state index in [-0.39, 0.29) is 0 Å². The van der Waals surface area contributed by atoms with E-state index < -0.39 is 0 Å². The topological polar surface area (TPSA) is 12.4 Å². The Morgan fingerprint density at radius 1 is 1.88 bits per heavy atom. The number of hydrogen-bond donors (Lipinski definition) is 0. The summed E-state index contributed by atoms with van der Waals surface area (Å²) in [6.07, 6.45) is 4.05. The van der Waals surface area contributed by atoms with Crippen molar-refractivity contribution in [3.05, 3.63) is 12.7 Å². The van der Waals surface area contributed by atoms with Crippen LogP contribution in [-0.2, 0) is 0 Å². The maximum absolute atomic E-state index is 4.19. The van der Waals surface area contributed by atoms with E-state index in [1.165, 1.54) is 11.5 Å². The third kappa shape index (κ3) is 1.37. The molecule has 1 rings (SSSR count). The Morgan fingerprint density at radius 2 is 2.75 bits per heavy atom. The second-order valence-electron chi connectivity index (χ2n) is 1.73. The van der Waals surface area contributed by atoms with Crippen LogP contribution in [0.1, 0.15) is 12.8 Å². The van der Waals surface area contributed by atoms with E-state index in [1.54, 1.807) is 11.9 Å². The van der Waals surface area contributed by atoms with Crippen LogP contribution in [0.3, 0.4) is 0 Å². The number of hydrogen-bond acceptors (Lipinski definition) is 2. The molecule has 0 aromatic heterocycles. The molecule has 2 heteroatoms. The number of rotatable bonds is 2. The van der Waals surface area contributed by atoms with Gasteiger partial charge in [0.25, 0.3) is 0 Å². The highest BCUT2D eigenvalue weighted by Crippen LogP contribution is 2.16. The average Bonchev–Trinajstić information content (AvgIpc) is 2.19. The van der Waals surface area contributed by atoms with Crippen molar-refractivity contribution in [2.45, 2.75) is 12.8 Å². The second-order valence-corrected chi connectivity index (χ2v) is 2.58. The third-order valence-corrected chi connectivity index (χ3v) is 1.83. The molecule has 0 N–H and O–H groups in total. The lowest BCUT2D eigenvalue weighted by Gasteiger charge is -1.86. The van der Waals surface area contributed by atoms with Crippen LogP contribution in [-0.4, -0.2) is 11.5 Å².